The number of rotatable bonds is 7. The minimum absolute atomic E-state index is 0.0592. The molecule has 1 N–H and O–H groups in total. The molecule has 0 fully saturated rings. The number of benzene rings is 1. The Bertz CT molecular complexity index is 581. The number of nitrogens with one attached hydrogen (secondary N) is 1. The molecule has 2 rings (SSSR count). The number of carbonyl (C=O) groups excluding carboxylic acids is 1. The summed E-state index contributed by atoms with van der Waals surface area (Å²) in [7, 11) is 1.59. The van der Waals surface area contributed by atoms with Crippen molar-refractivity contribution in [2.24, 2.45) is 0 Å². The summed E-state index contributed by atoms with van der Waals surface area (Å²) >= 11 is 0. The van der Waals surface area contributed by atoms with E-state index in [-0.39, 0.29) is 12.5 Å². The van der Waals surface area contributed by atoms with Crippen molar-refractivity contribution in [3.63, 3.8) is 0 Å². The van der Waals surface area contributed by atoms with Crippen molar-refractivity contribution in [3.05, 3.63) is 42.1 Å². The van der Waals surface area contributed by atoms with E-state index < -0.39 is 0 Å². The van der Waals surface area contributed by atoms with Crippen molar-refractivity contribution in [1.29, 1.82) is 0 Å². The second-order valence-corrected chi connectivity index (χ2v) is 4.53. The average Bonchev–Trinajstić information content (AvgIpc) is 2.87. The summed E-state index contributed by atoms with van der Waals surface area (Å²) in [5, 5.41) is 7.03. The summed E-state index contributed by atoms with van der Waals surface area (Å²) in [6.07, 6.45) is 1.87. The van der Waals surface area contributed by atoms with Crippen LogP contribution in [0.25, 0.3) is 5.69 Å². The van der Waals surface area contributed by atoms with Gasteiger partial charge in [0.15, 0.2) is 6.61 Å². The molecule has 0 saturated carbocycles. The number of nitrogens with zero attached hydrogens (tertiary/aromatic N) is 2. The predicted octanol–water partition coefficient (Wildman–Crippen LogP) is 1.32. The summed E-state index contributed by atoms with van der Waals surface area (Å²) in [6.45, 7) is 2.78. The Labute approximate surface area is 123 Å². The largest absolute Gasteiger partial charge is 0.466 e. The number of methoxy groups -OCH3 is 1. The second-order valence-electron chi connectivity index (χ2n) is 4.53. The van der Waals surface area contributed by atoms with Crippen molar-refractivity contribution < 1.29 is 14.3 Å². The molecule has 1 aromatic carbocycles. The molecule has 0 spiro atoms. The van der Waals surface area contributed by atoms with Gasteiger partial charge in [0.1, 0.15) is 0 Å². The highest BCUT2D eigenvalue weighted by molar-refractivity contribution is 5.77. The Balaban J connectivity index is 1.93. The number of ether oxygens (including phenoxy) is 2. The molecule has 112 valence electrons. The Morgan fingerprint density at radius 2 is 2.10 bits per heavy atom. The van der Waals surface area contributed by atoms with Gasteiger partial charge in [0.25, 0.3) is 5.91 Å². The fourth-order valence-electron chi connectivity index (χ4n) is 1.78. The Morgan fingerprint density at radius 1 is 1.33 bits per heavy atom. The maximum atomic E-state index is 11.6. The average molecular weight is 289 g/mol. The van der Waals surface area contributed by atoms with Crippen LogP contribution in [0.1, 0.15) is 5.56 Å². The SMILES string of the molecule is COCCNC(=O)COc1nn(-c2ccccc2)cc1C. The van der Waals surface area contributed by atoms with Gasteiger partial charge in [-0.3, -0.25) is 4.79 Å². The second kappa shape index (κ2) is 7.44. The van der Waals surface area contributed by atoms with E-state index in [2.05, 4.69) is 10.4 Å². The first-order valence-corrected chi connectivity index (χ1v) is 6.71. The molecule has 6 heteroatoms. The van der Waals surface area contributed by atoms with Gasteiger partial charge in [-0.05, 0) is 19.1 Å². The third-order valence-electron chi connectivity index (χ3n) is 2.84. The lowest BCUT2D eigenvalue weighted by molar-refractivity contribution is -0.123. The number of hydrogen-bond acceptors (Lipinski definition) is 4. The van der Waals surface area contributed by atoms with Crippen LogP contribution in [0, 0.1) is 6.92 Å². The quantitative estimate of drug-likeness (QED) is 0.781. The molecule has 1 aromatic heterocycles. The molecule has 0 unspecified atom stereocenters. The standard InChI is InChI=1S/C15H19N3O3/c1-12-10-18(13-6-4-3-5-7-13)17-15(12)21-11-14(19)16-8-9-20-2/h3-7,10H,8-9,11H2,1-2H3,(H,16,19). The monoisotopic (exact) mass is 289 g/mol. The molecular weight excluding hydrogens is 270 g/mol. The maximum Gasteiger partial charge on any atom is 0.258 e. The highest BCUT2D eigenvalue weighted by atomic mass is 16.5. The van der Waals surface area contributed by atoms with Gasteiger partial charge in [-0.15, -0.1) is 5.10 Å². The van der Waals surface area contributed by atoms with Gasteiger partial charge in [-0.25, -0.2) is 4.68 Å². The van der Waals surface area contributed by atoms with E-state index in [1.165, 1.54) is 0 Å². The maximum absolute atomic E-state index is 11.6. The number of aryl methyl sites for hydroxylation is 1. The first-order chi connectivity index (χ1) is 10.2. The van der Waals surface area contributed by atoms with Crippen LogP contribution in [-0.4, -0.2) is 42.6 Å². The topological polar surface area (TPSA) is 65.4 Å². The number of para-hydroxylation sites is 1. The van der Waals surface area contributed by atoms with Crippen LogP contribution in [0.2, 0.25) is 0 Å². The molecule has 6 nitrogen and oxygen atoms in total. The molecule has 0 aliphatic carbocycles. The molecule has 0 saturated heterocycles. The zero-order chi connectivity index (χ0) is 15.1. The molecule has 2 aromatic rings. The van der Waals surface area contributed by atoms with Crippen molar-refractivity contribution >= 4 is 5.91 Å². The summed E-state index contributed by atoms with van der Waals surface area (Å²) < 4.78 is 12.0. The first kappa shape index (κ1) is 15.1. The van der Waals surface area contributed by atoms with Crippen molar-refractivity contribution in [2.45, 2.75) is 6.92 Å². The van der Waals surface area contributed by atoms with E-state index in [1.807, 2.05) is 43.5 Å². The molecular formula is C15H19N3O3. The lowest BCUT2D eigenvalue weighted by Gasteiger charge is -2.05. The van der Waals surface area contributed by atoms with Gasteiger partial charge in [-0.1, -0.05) is 18.2 Å². The molecule has 0 bridgehead atoms. The lowest BCUT2D eigenvalue weighted by atomic mass is 10.3. The van der Waals surface area contributed by atoms with E-state index in [1.54, 1.807) is 11.8 Å². The molecule has 0 aliphatic rings. The van der Waals surface area contributed by atoms with E-state index >= 15 is 0 Å². The highest BCUT2D eigenvalue weighted by Crippen LogP contribution is 2.17. The fraction of sp³-hybridized carbons (Fsp3) is 0.333. The number of carbonyl (C=O) groups is 1. The van der Waals surface area contributed by atoms with E-state index in [0.29, 0.717) is 19.0 Å². The Morgan fingerprint density at radius 3 is 2.81 bits per heavy atom. The zero-order valence-corrected chi connectivity index (χ0v) is 12.2. The minimum atomic E-state index is -0.194. The van der Waals surface area contributed by atoms with Crippen LogP contribution in [0.5, 0.6) is 5.88 Å². The van der Waals surface area contributed by atoms with Crippen LogP contribution < -0.4 is 10.1 Å². The van der Waals surface area contributed by atoms with Crippen molar-refractivity contribution in [3.8, 4) is 11.6 Å². The van der Waals surface area contributed by atoms with E-state index in [9.17, 15) is 4.79 Å². The summed E-state index contributed by atoms with van der Waals surface area (Å²) in [5.41, 5.74) is 1.82. The Kier molecular flexibility index (Phi) is 5.34. The van der Waals surface area contributed by atoms with Gasteiger partial charge in [0.2, 0.25) is 5.88 Å². The summed E-state index contributed by atoms with van der Waals surface area (Å²) in [5.74, 6) is 0.265. The molecule has 21 heavy (non-hydrogen) atoms. The van der Waals surface area contributed by atoms with Crippen LogP contribution >= 0.6 is 0 Å². The first-order valence-electron chi connectivity index (χ1n) is 6.71. The van der Waals surface area contributed by atoms with Crippen LogP contribution in [0.3, 0.4) is 0 Å². The normalized spacial score (nSPS) is 10.4. The smallest absolute Gasteiger partial charge is 0.258 e. The highest BCUT2D eigenvalue weighted by Gasteiger charge is 2.09. The van der Waals surface area contributed by atoms with Crippen LogP contribution in [0.15, 0.2) is 36.5 Å². The van der Waals surface area contributed by atoms with E-state index in [4.69, 9.17) is 9.47 Å². The van der Waals surface area contributed by atoms with Gasteiger partial charge >= 0.3 is 0 Å². The van der Waals surface area contributed by atoms with Crippen LogP contribution in [0.4, 0.5) is 0 Å². The third kappa shape index (κ3) is 4.32. The number of amides is 1. The van der Waals surface area contributed by atoms with Gasteiger partial charge < -0.3 is 14.8 Å². The predicted molar refractivity (Wildman–Crippen MR) is 78.7 cm³/mol. The number of hydrogen-bond donors (Lipinski definition) is 1. The lowest BCUT2D eigenvalue weighted by Crippen LogP contribution is -2.31. The minimum Gasteiger partial charge on any atom is -0.466 e. The van der Waals surface area contributed by atoms with Crippen LogP contribution in [-0.2, 0) is 9.53 Å². The molecule has 0 radical (unpaired) electrons. The number of aromatic nitrogens is 2. The summed E-state index contributed by atoms with van der Waals surface area (Å²) in [4.78, 5) is 11.6. The molecule has 1 heterocycles. The third-order valence-corrected chi connectivity index (χ3v) is 2.84. The fourth-order valence-corrected chi connectivity index (χ4v) is 1.78. The molecule has 0 atom stereocenters. The van der Waals surface area contributed by atoms with E-state index in [0.717, 1.165) is 11.3 Å². The Hall–Kier alpha value is -2.34. The molecule has 1 amide bonds. The van der Waals surface area contributed by atoms with Gasteiger partial charge in [0.05, 0.1) is 12.3 Å². The van der Waals surface area contributed by atoms with Crippen molar-refractivity contribution in [2.75, 3.05) is 26.9 Å². The summed E-state index contributed by atoms with van der Waals surface area (Å²) in [6, 6.07) is 9.73. The molecule has 0 aliphatic heterocycles. The van der Waals surface area contributed by atoms with Crippen molar-refractivity contribution in [1.82, 2.24) is 15.1 Å². The van der Waals surface area contributed by atoms with Gasteiger partial charge in [0, 0.05) is 25.4 Å². The zero-order valence-electron chi connectivity index (χ0n) is 12.2. The van der Waals surface area contributed by atoms with Gasteiger partial charge in [-0.2, -0.15) is 0 Å².